The van der Waals surface area contributed by atoms with Gasteiger partial charge in [-0.25, -0.2) is 9.48 Å². The van der Waals surface area contributed by atoms with Crippen LogP contribution in [0.5, 0.6) is 0 Å². The minimum atomic E-state index is -4.72. The average molecular weight is 418 g/mol. The molecule has 28 heavy (non-hydrogen) atoms. The fourth-order valence-electron chi connectivity index (χ4n) is 2.91. The zero-order valence-electron chi connectivity index (χ0n) is 15.0. The van der Waals surface area contributed by atoms with E-state index in [4.69, 9.17) is 4.74 Å². The Morgan fingerprint density at radius 1 is 1.21 bits per heavy atom. The van der Waals surface area contributed by atoms with Gasteiger partial charge in [-0.1, -0.05) is 0 Å². The molecule has 0 fully saturated rings. The van der Waals surface area contributed by atoms with Gasteiger partial charge in [0, 0.05) is 24.3 Å². The average Bonchev–Trinajstić information content (AvgIpc) is 3.15. The smallest absolute Gasteiger partial charge is 0.383 e. The Labute approximate surface area is 159 Å². The van der Waals surface area contributed by atoms with E-state index in [9.17, 15) is 27.6 Å². The lowest BCUT2D eigenvalue weighted by atomic mass is 10.2. The minimum Gasteiger partial charge on any atom is -0.383 e. The highest BCUT2D eigenvalue weighted by Crippen LogP contribution is 2.28. The second-order valence-electron chi connectivity index (χ2n) is 6.15. The number of nitrogens with one attached hydrogen (secondary N) is 1. The molecule has 12 heteroatoms. The molecule has 0 radical (unpaired) electrons. The summed E-state index contributed by atoms with van der Waals surface area (Å²) in [6, 6.07) is 1.33. The molecular weight excluding hydrogens is 401 g/mol. The molecule has 8 nitrogen and oxygen atoms in total. The highest BCUT2D eigenvalue weighted by molar-refractivity contribution is 7.18. The molecule has 3 heterocycles. The van der Waals surface area contributed by atoms with Gasteiger partial charge in [-0.15, -0.1) is 11.3 Å². The second kappa shape index (κ2) is 7.43. The van der Waals surface area contributed by atoms with Crippen LogP contribution in [0.4, 0.5) is 13.2 Å². The molecule has 0 aliphatic rings. The van der Waals surface area contributed by atoms with E-state index in [2.05, 4.69) is 5.10 Å². The largest absolute Gasteiger partial charge is 0.406 e. The summed E-state index contributed by atoms with van der Waals surface area (Å²) in [6.45, 7) is 0.0997. The Hall–Kier alpha value is -2.60. The summed E-state index contributed by atoms with van der Waals surface area (Å²) in [5, 5.41) is 2.77. The molecule has 0 bridgehead atoms. The molecule has 3 aromatic heterocycles. The van der Waals surface area contributed by atoms with Crippen LogP contribution in [0.3, 0.4) is 0 Å². The van der Waals surface area contributed by atoms with Crippen molar-refractivity contribution in [1.82, 2.24) is 18.9 Å². The van der Waals surface area contributed by atoms with Crippen LogP contribution in [0.1, 0.15) is 10.4 Å². The van der Waals surface area contributed by atoms with Gasteiger partial charge >= 0.3 is 11.9 Å². The fourth-order valence-corrected chi connectivity index (χ4v) is 4.21. The molecule has 0 saturated carbocycles. The summed E-state index contributed by atoms with van der Waals surface area (Å²) in [5.74, 6) is 0. The van der Waals surface area contributed by atoms with Gasteiger partial charge in [-0.3, -0.25) is 18.7 Å². The highest BCUT2D eigenvalue weighted by atomic mass is 32.1. The monoisotopic (exact) mass is 418 g/mol. The number of hydrogen-bond donors (Lipinski definition) is 1. The lowest BCUT2D eigenvalue weighted by molar-refractivity contribution is -0.141. The molecule has 1 N–H and O–H groups in total. The molecule has 3 aromatic rings. The molecule has 0 amide bonds. The molecule has 0 saturated heterocycles. The van der Waals surface area contributed by atoms with Crippen LogP contribution in [0.2, 0.25) is 0 Å². The number of methoxy groups -OCH3 is 1. The van der Waals surface area contributed by atoms with Crippen LogP contribution >= 0.6 is 11.3 Å². The quantitative estimate of drug-likeness (QED) is 0.653. The van der Waals surface area contributed by atoms with Crippen molar-refractivity contribution < 1.29 is 17.9 Å². The highest BCUT2D eigenvalue weighted by Gasteiger charge is 2.31. The van der Waals surface area contributed by atoms with Crippen LogP contribution in [0.25, 0.3) is 10.2 Å². The fraction of sp³-hybridized carbons (Fsp3) is 0.438. The predicted molar refractivity (Wildman–Crippen MR) is 97.2 cm³/mol. The summed E-state index contributed by atoms with van der Waals surface area (Å²) in [4.78, 5) is 37.9. The van der Waals surface area contributed by atoms with E-state index >= 15 is 0 Å². The van der Waals surface area contributed by atoms with Gasteiger partial charge in [0.25, 0.3) is 11.1 Å². The number of aromatic amines is 1. The van der Waals surface area contributed by atoms with E-state index in [0.717, 1.165) is 15.9 Å². The topological polar surface area (TPSA) is 91.0 Å². The normalized spacial score (nSPS) is 12.2. The number of halogens is 3. The molecule has 0 spiro atoms. The van der Waals surface area contributed by atoms with Gasteiger partial charge in [0.1, 0.15) is 11.4 Å². The van der Waals surface area contributed by atoms with Crippen molar-refractivity contribution in [1.29, 1.82) is 0 Å². The van der Waals surface area contributed by atoms with E-state index in [0.29, 0.717) is 10.4 Å². The third kappa shape index (κ3) is 3.69. The molecule has 0 unspecified atom stereocenters. The lowest BCUT2D eigenvalue weighted by Gasteiger charge is -2.13. The Kier molecular flexibility index (Phi) is 5.35. The SMILES string of the molecule is COCCn1c(=O)n(CC(F)(F)F)c(=O)c2c(C)c(Cn3[nH]ccc3=O)sc21. The third-order valence-electron chi connectivity index (χ3n) is 4.27. The van der Waals surface area contributed by atoms with Crippen molar-refractivity contribution in [2.75, 3.05) is 13.7 Å². The summed E-state index contributed by atoms with van der Waals surface area (Å²) in [6.07, 6.45) is -3.27. The Morgan fingerprint density at radius 3 is 2.50 bits per heavy atom. The van der Waals surface area contributed by atoms with Gasteiger partial charge in [-0.05, 0) is 12.5 Å². The number of nitrogens with zero attached hydrogens (tertiary/aromatic N) is 3. The molecule has 0 aromatic carbocycles. The van der Waals surface area contributed by atoms with Crippen molar-refractivity contribution in [2.24, 2.45) is 0 Å². The van der Waals surface area contributed by atoms with Crippen molar-refractivity contribution in [3.8, 4) is 0 Å². The maximum absolute atomic E-state index is 12.9. The predicted octanol–water partition coefficient (Wildman–Crippen LogP) is 1.28. The third-order valence-corrected chi connectivity index (χ3v) is 5.57. The standard InChI is InChI=1S/C16H17F3N4O4S/c1-9-10(7-23-11(24)3-4-20-23)28-14-12(9)13(25)22(8-16(17,18)19)15(26)21(14)5-6-27-2/h3-4,20H,5-8H2,1-2H3. The summed E-state index contributed by atoms with van der Waals surface area (Å²) >= 11 is 1.10. The van der Waals surface area contributed by atoms with Gasteiger partial charge in [0.05, 0.1) is 25.1 Å². The van der Waals surface area contributed by atoms with Crippen LogP contribution in [0, 0.1) is 6.92 Å². The van der Waals surface area contributed by atoms with Crippen molar-refractivity contribution >= 4 is 21.6 Å². The van der Waals surface area contributed by atoms with E-state index in [-0.39, 0.29) is 40.0 Å². The van der Waals surface area contributed by atoms with E-state index in [1.807, 2.05) is 0 Å². The van der Waals surface area contributed by atoms with Crippen molar-refractivity contribution in [3.05, 3.63) is 53.9 Å². The Balaban J connectivity index is 2.26. The Bertz CT molecular complexity index is 1180. The van der Waals surface area contributed by atoms with Crippen LogP contribution in [0.15, 0.2) is 26.6 Å². The summed E-state index contributed by atoms with van der Waals surface area (Å²) in [5.41, 5.74) is -1.89. The number of rotatable bonds is 6. The first-order chi connectivity index (χ1) is 13.1. The number of H-pyrrole nitrogens is 1. The van der Waals surface area contributed by atoms with E-state index < -0.39 is 24.0 Å². The first-order valence-electron chi connectivity index (χ1n) is 8.19. The lowest BCUT2D eigenvalue weighted by Crippen LogP contribution is -2.43. The second-order valence-corrected chi connectivity index (χ2v) is 7.23. The summed E-state index contributed by atoms with van der Waals surface area (Å²) in [7, 11) is 1.40. The molecule has 152 valence electrons. The molecule has 0 aliphatic heterocycles. The van der Waals surface area contributed by atoms with Crippen LogP contribution in [-0.4, -0.2) is 38.8 Å². The number of hydrogen-bond acceptors (Lipinski definition) is 5. The first kappa shape index (κ1) is 20.1. The molecular formula is C16H17F3N4O4S. The van der Waals surface area contributed by atoms with Gasteiger partial charge in [0.15, 0.2) is 0 Å². The number of thiophene rings is 1. The minimum absolute atomic E-state index is 0.00812. The van der Waals surface area contributed by atoms with Crippen LogP contribution in [-0.2, 0) is 24.4 Å². The van der Waals surface area contributed by atoms with E-state index in [1.54, 1.807) is 6.92 Å². The molecule has 0 aliphatic carbocycles. The number of fused-ring (bicyclic) bond motifs is 1. The van der Waals surface area contributed by atoms with Gasteiger partial charge < -0.3 is 9.84 Å². The number of alkyl halides is 3. The van der Waals surface area contributed by atoms with Crippen molar-refractivity contribution in [3.63, 3.8) is 0 Å². The number of ether oxygens (including phenoxy) is 1. The maximum Gasteiger partial charge on any atom is 0.406 e. The zero-order valence-corrected chi connectivity index (χ0v) is 15.8. The van der Waals surface area contributed by atoms with Crippen LogP contribution < -0.4 is 16.8 Å². The van der Waals surface area contributed by atoms with Crippen molar-refractivity contribution in [2.45, 2.75) is 32.7 Å². The number of aromatic nitrogens is 4. The maximum atomic E-state index is 12.9. The molecule has 0 atom stereocenters. The number of aryl methyl sites for hydroxylation is 1. The summed E-state index contributed by atoms with van der Waals surface area (Å²) < 4.78 is 46.3. The van der Waals surface area contributed by atoms with Gasteiger partial charge in [-0.2, -0.15) is 13.2 Å². The Morgan fingerprint density at radius 2 is 1.93 bits per heavy atom. The first-order valence-corrected chi connectivity index (χ1v) is 9.01. The van der Waals surface area contributed by atoms with E-state index in [1.165, 1.54) is 24.1 Å². The van der Waals surface area contributed by atoms with Gasteiger partial charge in [0.2, 0.25) is 0 Å². The molecule has 3 rings (SSSR count). The zero-order chi connectivity index (χ0) is 20.6.